The van der Waals surface area contributed by atoms with E-state index in [0.29, 0.717) is 5.56 Å². The highest BCUT2D eigenvalue weighted by Gasteiger charge is 2.19. The third kappa shape index (κ3) is 5.57. The lowest BCUT2D eigenvalue weighted by atomic mass is 10.1. The van der Waals surface area contributed by atoms with Gasteiger partial charge in [-0.25, -0.2) is 0 Å². The standard InChI is InChI=1S/C25H26IN3O2/c1-31-24-5-3-2-4-23(24)29-16-14-28(15-17-29)18-19-6-8-20(9-7-19)25(30)27-22-12-10-21(26)11-13-22/h2-13H,14-18H2,1H3,(H,27,30). The van der Waals surface area contributed by atoms with E-state index >= 15 is 0 Å². The number of para-hydroxylation sites is 2. The molecular weight excluding hydrogens is 501 g/mol. The van der Waals surface area contributed by atoms with Gasteiger partial charge in [-0.3, -0.25) is 9.69 Å². The lowest BCUT2D eigenvalue weighted by molar-refractivity contribution is 0.102. The van der Waals surface area contributed by atoms with Crippen molar-refractivity contribution in [1.82, 2.24) is 4.90 Å². The van der Waals surface area contributed by atoms with Crippen LogP contribution in [-0.4, -0.2) is 44.1 Å². The number of hydrogen-bond donors (Lipinski definition) is 1. The number of methoxy groups -OCH3 is 1. The molecule has 1 N–H and O–H groups in total. The summed E-state index contributed by atoms with van der Waals surface area (Å²) < 4.78 is 6.65. The van der Waals surface area contributed by atoms with Gasteiger partial charge in [-0.1, -0.05) is 24.3 Å². The topological polar surface area (TPSA) is 44.8 Å². The first-order chi connectivity index (χ1) is 15.1. The first-order valence-corrected chi connectivity index (χ1v) is 11.5. The van der Waals surface area contributed by atoms with E-state index in [2.05, 4.69) is 62.0 Å². The van der Waals surface area contributed by atoms with E-state index in [1.807, 2.05) is 48.5 Å². The van der Waals surface area contributed by atoms with Crippen molar-refractivity contribution in [1.29, 1.82) is 0 Å². The first-order valence-electron chi connectivity index (χ1n) is 10.4. The van der Waals surface area contributed by atoms with E-state index < -0.39 is 0 Å². The van der Waals surface area contributed by atoms with Gasteiger partial charge in [-0.2, -0.15) is 0 Å². The van der Waals surface area contributed by atoms with Crippen LogP contribution in [0.15, 0.2) is 72.8 Å². The molecule has 0 saturated carbocycles. The Balaban J connectivity index is 1.30. The zero-order valence-corrected chi connectivity index (χ0v) is 19.7. The fourth-order valence-electron chi connectivity index (χ4n) is 3.79. The molecule has 0 aromatic heterocycles. The van der Waals surface area contributed by atoms with E-state index in [0.717, 1.165) is 53.4 Å². The van der Waals surface area contributed by atoms with Gasteiger partial charge in [0.25, 0.3) is 5.91 Å². The molecule has 5 nitrogen and oxygen atoms in total. The quantitative estimate of drug-likeness (QED) is 0.465. The van der Waals surface area contributed by atoms with Crippen LogP contribution in [0, 0.1) is 3.57 Å². The lowest BCUT2D eigenvalue weighted by Crippen LogP contribution is -2.46. The summed E-state index contributed by atoms with van der Waals surface area (Å²) in [6.07, 6.45) is 0. The number of amides is 1. The molecule has 1 saturated heterocycles. The Bertz CT molecular complexity index is 1010. The molecular formula is C25H26IN3O2. The molecule has 0 bridgehead atoms. The molecule has 3 aromatic rings. The fraction of sp³-hybridized carbons (Fsp3) is 0.240. The second-order valence-electron chi connectivity index (χ2n) is 7.59. The molecule has 1 fully saturated rings. The fourth-order valence-corrected chi connectivity index (χ4v) is 4.15. The summed E-state index contributed by atoms with van der Waals surface area (Å²) in [5.74, 6) is 0.841. The molecule has 0 radical (unpaired) electrons. The summed E-state index contributed by atoms with van der Waals surface area (Å²) >= 11 is 2.25. The van der Waals surface area contributed by atoms with E-state index in [1.54, 1.807) is 7.11 Å². The van der Waals surface area contributed by atoms with Crippen molar-refractivity contribution >= 4 is 39.9 Å². The number of piperazine rings is 1. The normalized spacial score (nSPS) is 14.3. The molecule has 6 heteroatoms. The van der Waals surface area contributed by atoms with Crippen molar-refractivity contribution in [3.8, 4) is 5.75 Å². The molecule has 1 heterocycles. The van der Waals surface area contributed by atoms with E-state index in [4.69, 9.17) is 4.74 Å². The number of carbonyl (C=O) groups is 1. The highest BCUT2D eigenvalue weighted by Crippen LogP contribution is 2.28. The summed E-state index contributed by atoms with van der Waals surface area (Å²) in [7, 11) is 1.72. The largest absolute Gasteiger partial charge is 0.495 e. The van der Waals surface area contributed by atoms with Crippen molar-refractivity contribution in [3.05, 3.63) is 87.5 Å². The summed E-state index contributed by atoms with van der Waals surface area (Å²) in [4.78, 5) is 17.3. The summed E-state index contributed by atoms with van der Waals surface area (Å²) in [5, 5.41) is 2.95. The Hall–Kier alpha value is -2.58. The van der Waals surface area contributed by atoms with Gasteiger partial charge >= 0.3 is 0 Å². The monoisotopic (exact) mass is 527 g/mol. The number of carbonyl (C=O) groups excluding carboxylic acids is 1. The van der Waals surface area contributed by atoms with Crippen LogP contribution >= 0.6 is 22.6 Å². The minimum absolute atomic E-state index is 0.0850. The number of ether oxygens (including phenoxy) is 1. The van der Waals surface area contributed by atoms with E-state index in [9.17, 15) is 4.79 Å². The molecule has 0 spiro atoms. The van der Waals surface area contributed by atoms with Gasteiger partial charge in [0.1, 0.15) is 5.75 Å². The van der Waals surface area contributed by atoms with Gasteiger partial charge in [0.15, 0.2) is 0 Å². The van der Waals surface area contributed by atoms with Crippen molar-refractivity contribution in [2.75, 3.05) is 43.5 Å². The van der Waals surface area contributed by atoms with Crippen LogP contribution in [0.3, 0.4) is 0 Å². The maximum absolute atomic E-state index is 12.5. The number of halogens is 1. The highest BCUT2D eigenvalue weighted by molar-refractivity contribution is 14.1. The predicted molar refractivity (Wildman–Crippen MR) is 134 cm³/mol. The summed E-state index contributed by atoms with van der Waals surface area (Å²) in [5.41, 5.74) is 3.86. The molecule has 1 aliphatic rings. The average Bonchev–Trinajstić information content (AvgIpc) is 2.81. The second kappa shape index (κ2) is 10.2. The number of nitrogens with one attached hydrogen (secondary N) is 1. The van der Waals surface area contributed by atoms with Crippen molar-refractivity contribution in [2.24, 2.45) is 0 Å². The molecule has 0 aliphatic carbocycles. The third-order valence-corrected chi connectivity index (χ3v) is 6.24. The van der Waals surface area contributed by atoms with Crippen LogP contribution in [0.5, 0.6) is 5.75 Å². The molecule has 4 rings (SSSR count). The zero-order chi connectivity index (χ0) is 21.6. The smallest absolute Gasteiger partial charge is 0.255 e. The van der Waals surface area contributed by atoms with Crippen LogP contribution in [0.25, 0.3) is 0 Å². The maximum atomic E-state index is 12.5. The SMILES string of the molecule is COc1ccccc1N1CCN(Cc2ccc(C(=O)Nc3ccc(I)cc3)cc2)CC1. The van der Waals surface area contributed by atoms with Gasteiger partial charge in [0.2, 0.25) is 0 Å². The third-order valence-electron chi connectivity index (χ3n) is 5.52. The molecule has 31 heavy (non-hydrogen) atoms. The minimum Gasteiger partial charge on any atom is -0.495 e. The van der Waals surface area contributed by atoms with Crippen molar-refractivity contribution < 1.29 is 9.53 Å². The Labute approximate surface area is 197 Å². The van der Waals surface area contributed by atoms with Gasteiger partial charge in [0, 0.05) is 47.5 Å². The van der Waals surface area contributed by atoms with E-state index in [1.165, 1.54) is 5.56 Å². The molecule has 0 unspecified atom stereocenters. The van der Waals surface area contributed by atoms with Crippen LogP contribution in [0.4, 0.5) is 11.4 Å². The van der Waals surface area contributed by atoms with E-state index in [-0.39, 0.29) is 5.91 Å². The van der Waals surface area contributed by atoms with Crippen molar-refractivity contribution in [3.63, 3.8) is 0 Å². The minimum atomic E-state index is -0.0850. The van der Waals surface area contributed by atoms with Gasteiger partial charge < -0.3 is 15.0 Å². The number of nitrogens with zero attached hydrogens (tertiary/aromatic N) is 2. The predicted octanol–water partition coefficient (Wildman–Crippen LogP) is 4.87. The number of anilines is 2. The lowest BCUT2D eigenvalue weighted by Gasteiger charge is -2.36. The van der Waals surface area contributed by atoms with Crippen LogP contribution in [0.1, 0.15) is 15.9 Å². The number of hydrogen-bond acceptors (Lipinski definition) is 4. The molecule has 1 amide bonds. The zero-order valence-electron chi connectivity index (χ0n) is 17.6. The maximum Gasteiger partial charge on any atom is 0.255 e. The Morgan fingerprint density at radius 1 is 0.935 bits per heavy atom. The summed E-state index contributed by atoms with van der Waals surface area (Å²) in [6.45, 7) is 4.81. The van der Waals surface area contributed by atoms with Crippen molar-refractivity contribution in [2.45, 2.75) is 6.54 Å². The van der Waals surface area contributed by atoms with Gasteiger partial charge in [-0.15, -0.1) is 0 Å². The van der Waals surface area contributed by atoms with Gasteiger partial charge in [0.05, 0.1) is 12.8 Å². The highest BCUT2D eigenvalue weighted by atomic mass is 127. The summed E-state index contributed by atoms with van der Waals surface area (Å²) in [6, 6.07) is 23.9. The van der Waals surface area contributed by atoms with Crippen LogP contribution in [-0.2, 0) is 6.54 Å². The second-order valence-corrected chi connectivity index (χ2v) is 8.84. The molecule has 160 valence electrons. The molecule has 0 atom stereocenters. The Morgan fingerprint density at radius 2 is 1.61 bits per heavy atom. The molecule has 1 aliphatic heterocycles. The van der Waals surface area contributed by atoms with Gasteiger partial charge in [-0.05, 0) is 76.7 Å². The Kier molecular flexibility index (Phi) is 7.09. The average molecular weight is 527 g/mol. The van der Waals surface area contributed by atoms with Crippen LogP contribution in [0.2, 0.25) is 0 Å². The molecule has 3 aromatic carbocycles. The number of rotatable bonds is 6. The Morgan fingerprint density at radius 3 is 2.29 bits per heavy atom. The number of benzene rings is 3. The van der Waals surface area contributed by atoms with Crippen LogP contribution < -0.4 is 15.0 Å². The first kappa shape index (κ1) is 21.6.